The van der Waals surface area contributed by atoms with Gasteiger partial charge in [-0.2, -0.15) is 0 Å². The molecule has 0 bridgehead atoms. The molecular formula is C17H17BrN2O. The number of nitrogens with one attached hydrogen (secondary N) is 2. The molecule has 1 atom stereocenters. The van der Waals surface area contributed by atoms with Crippen LogP contribution in [0.1, 0.15) is 16.7 Å². The van der Waals surface area contributed by atoms with Gasteiger partial charge in [0.2, 0.25) is 5.91 Å². The van der Waals surface area contributed by atoms with Gasteiger partial charge >= 0.3 is 0 Å². The maximum absolute atomic E-state index is 12.3. The lowest BCUT2D eigenvalue weighted by Crippen LogP contribution is -2.47. The number of hydrogen-bond donors (Lipinski definition) is 2. The molecular weight excluding hydrogens is 328 g/mol. The minimum absolute atomic E-state index is 0.0624. The highest BCUT2D eigenvalue weighted by molar-refractivity contribution is 9.10. The zero-order chi connectivity index (χ0) is 14.7. The highest BCUT2D eigenvalue weighted by Crippen LogP contribution is 2.16. The predicted molar refractivity (Wildman–Crippen MR) is 86.8 cm³/mol. The van der Waals surface area contributed by atoms with Crippen LogP contribution < -0.4 is 10.6 Å². The summed E-state index contributed by atoms with van der Waals surface area (Å²) < 4.78 is 1.04. The molecule has 1 aliphatic heterocycles. The monoisotopic (exact) mass is 344 g/mol. The van der Waals surface area contributed by atoms with Gasteiger partial charge < -0.3 is 10.6 Å². The predicted octanol–water partition coefficient (Wildman–Crippen LogP) is 2.78. The van der Waals surface area contributed by atoms with Gasteiger partial charge in [-0.15, -0.1) is 0 Å². The molecule has 2 N–H and O–H groups in total. The van der Waals surface area contributed by atoms with Crippen LogP contribution in [-0.2, 0) is 24.3 Å². The van der Waals surface area contributed by atoms with Crippen LogP contribution in [0.3, 0.4) is 0 Å². The summed E-state index contributed by atoms with van der Waals surface area (Å²) in [5.41, 5.74) is 3.65. The smallest absolute Gasteiger partial charge is 0.237 e. The normalized spacial score (nSPS) is 17.1. The SMILES string of the molecule is O=C(NCc1ccc(Br)cc1)C1Cc2ccccc2CN1. The van der Waals surface area contributed by atoms with Crippen LogP contribution in [0, 0.1) is 0 Å². The second-order valence-electron chi connectivity index (χ2n) is 5.25. The maximum Gasteiger partial charge on any atom is 0.237 e. The first-order valence-corrected chi connectivity index (χ1v) is 7.84. The maximum atomic E-state index is 12.3. The second-order valence-corrected chi connectivity index (χ2v) is 6.17. The molecule has 2 aromatic rings. The molecule has 0 saturated heterocycles. The summed E-state index contributed by atoms with van der Waals surface area (Å²) in [7, 11) is 0. The first kappa shape index (κ1) is 14.3. The summed E-state index contributed by atoms with van der Waals surface area (Å²) in [6, 6.07) is 16.1. The van der Waals surface area contributed by atoms with Crippen LogP contribution in [0.25, 0.3) is 0 Å². The van der Waals surface area contributed by atoms with Gasteiger partial charge in [0.25, 0.3) is 0 Å². The Morgan fingerprint density at radius 2 is 1.86 bits per heavy atom. The van der Waals surface area contributed by atoms with Crippen molar-refractivity contribution in [1.82, 2.24) is 10.6 Å². The molecule has 0 radical (unpaired) electrons. The average Bonchev–Trinajstić information content (AvgIpc) is 2.53. The summed E-state index contributed by atoms with van der Waals surface area (Å²) in [6.07, 6.45) is 0.752. The quantitative estimate of drug-likeness (QED) is 0.898. The van der Waals surface area contributed by atoms with Gasteiger partial charge in [-0.3, -0.25) is 4.79 Å². The van der Waals surface area contributed by atoms with E-state index in [1.807, 2.05) is 36.4 Å². The first-order valence-electron chi connectivity index (χ1n) is 7.05. The molecule has 1 unspecified atom stereocenters. The van der Waals surface area contributed by atoms with Gasteiger partial charge in [-0.1, -0.05) is 52.3 Å². The van der Waals surface area contributed by atoms with Crippen molar-refractivity contribution in [2.45, 2.75) is 25.6 Å². The number of benzene rings is 2. The number of fused-ring (bicyclic) bond motifs is 1. The number of rotatable bonds is 3. The zero-order valence-corrected chi connectivity index (χ0v) is 13.2. The number of carbonyl (C=O) groups is 1. The number of hydrogen-bond acceptors (Lipinski definition) is 2. The van der Waals surface area contributed by atoms with E-state index in [-0.39, 0.29) is 11.9 Å². The summed E-state index contributed by atoms with van der Waals surface area (Å²) in [5, 5.41) is 6.30. The van der Waals surface area contributed by atoms with E-state index in [0.717, 1.165) is 23.0 Å². The minimum atomic E-state index is -0.143. The van der Waals surface area contributed by atoms with Crippen molar-refractivity contribution in [3.05, 3.63) is 69.7 Å². The van der Waals surface area contributed by atoms with E-state index < -0.39 is 0 Å². The zero-order valence-electron chi connectivity index (χ0n) is 11.6. The number of amides is 1. The van der Waals surface area contributed by atoms with Gasteiger partial charge in [-0.25, -0.2) is 0 Å². The van der Waals surface area contributed by atoms with E-state index in [4.69, 9.17) is 0 Å². The van der Waals surface area contributed by atoms with Gasteiger partial charge in [-0.05, 0) is 35.2 Å². The van der Waals surface area contributed by atoms with Gasteiger partial charge in [0.15, 0.2) is 0 Å². The largest absolute Gasteiger partial charge is 0.351 e. The fourth-order valence-electron chi connectivity index (χ4n) is 2.55. The van der Waals surface area contributed by atoms with Crippen molar-refractivity contribution in [2.24, 2.45) is 0 Å². The fourth-order valence-corrected chi connectivity index (χ4v) is 2.82. The summed E-state index contributed by atoms with van der Waals surface area (Å²) in [5.74, 6) is 0.0624. The molecule has 21 heavy (non-hydrogen) atoms. The Kier molecular flexibility index (Phi) is 4.36. The lowest BCUT2D eigenvalue weighted by molar-refractivity contribution is -0.123. The molecule has 0 aromatic heterocycles. The molecule has 0 aliphatic carbocycles. The summed E-state index contributed by atoms with van der Waals surface area (Å²) in [6.45, 7) is 1.32. The average molecular weight is 345 g/mol. The molecule has 1 heterocycles. The fraction of sp³-hybridized carbons (Fsp3) is 0.235. The standard InChI is InChI=1S/C17H17BrN2O/c18-15-7-5-12(6-8-15)10-20-17(21)16-9-13-3-1-2-4-14(13)11-19-16/h1-8,16,19H,9-11H2,(H,20,21). The Hall–Kier alpha value is -1.65. The van der Waals surface area contributed by atoms with E-state index in [1.165, 1.54) is 11.1 Å². The Labute approximate surface area is 132 Å². The third kappa shape index (κ3) is 3.52. The van der Waals surface area contributed by atoms with Crippen molar-refractivity contribution in [2.75, 3.05) is 0 Å². The molecule has 3 rings (SSSR count). The molecule has 108 valence electrons. The van der Waals surface area contributed by atoms with Crippen molar-refractivity contribution in [3.8, 4) is 0 Å². The van der Waals surface area contributed by atoms with Crippen LogP contribution in [0.4, 0.5) is 0 Å². The molecule has 1 aliphatic rings. The van der Waals surface area contributed by atoms with E-state index >= 15 is 0 Å². The van der Waals surface area contributed by atoms with Crippen LogP contribution in [0.15, 0.2) is 53.0 Å². The van der Waals surface area contributed by atoms with Crippen molar-refractivity contribution in [1.29, 1.82) is 0 Å². The van der Waals surface area contributed by atoms with Crippen LogP contribution in [0.2, 0.25) is 0 Å². The first-order chi connectivity index (χ1) is 10.2. The van der Waals surface area contributed by atoms with Gasteiger partial charge in [0.1, 0.15) is 0 Å². The Morgan fingerprint density at radius 3 is 2.62 bits per heavy atom. The third-order valence-electron chi connectivity index (χ3n) is 3.78. The van der Waals surface area contributed by atoms with E-state index in [1.54, 1.807) is 0 Å². The Morgan fingerprint density at radius 1 is 1.14 bits per heavy atom. The van der Waals surface area contributed by atoms with Crippen molar-refractivity contribution >= 4 is 21.8 Å². The van der Waals surface area contributed by atoms with Crippen molar-refractivity contribution in [3.63, 3.8) is 0 Å². The Balaban J connectivity index is 1.58. The number of carbonyl (C=O) groups excluding carboxylic acids is 1. The van der Waals surface area contributed by atoms with Gasteiger partial charge in [0, 0.05) is 17.6 Å². The third-order valence-corrected chi connectivity index (χ3v) is 4.31. The topological polar surface area (TPSA) is 41.1 Å². The van der Waals surface area contributed by atoms with Crippen LogP contribution in [0.5, 0.6) is 0 Å². The lowest BCUT2D eigenvalue weighted by Gasteiger charge is -2.25. The molecule has 2 aromatic carbocycles. The lowest BCUT2D eigenvalue weighted by atomic mass is 9.95. The Bertz CT molecular complexity index is 639. The van der Waals surface area contributed by atoms with E-state index in [2.05, 4.69) is 38.7 Å². The van der Waals surface area contributed by atoms with E-state index in [9.17, 15) is 4.79 Å². The van der Waals surface area contributed by atoms with Crippen LogP contribution in [-0.4, -0.2) is 11.9 Å². The molecule has 0 fully saturated rings. The minimum Gasteiger partial charge on any atom is -0.351 e. The number of halogens is 1. The molecule has 1 amide bonds. The van der Waals surface area contributed by atoms with Crippen molar-refractivity contribution < 1.29 is 4.79 Å². The highest BCUT2D eigenvalue weighted by atomic mass is 79.9. The summed E-state index contributed by atoms with van der Waals surface area (Å²) >= 11 is 3.41. The second kappa shape index (κ2) is 6.41. The highest BCUT2D eigenvalue weighted by Gasteiger charge is 2.23. The van der Waals surface area contributed by atoms with E-state index in [0.29, 0.717) is 6.54 Å². The molecule has 4 heteroatoms. The summed E-state index contributed by atoms with van der Waals surface area (Å²) in [4.78, 5) is 12.3. The molecule has 3 nitrogen and oxygen atoms in total. The van der Waals surface area contributed by atoms with Gasteiger partial charge in [0.05, 0.1) is 6.04 Å². The molecule has 0 spiro atoms. The van der Waals surface area contributed by atoms with Crippen LogP contribution >= 0.6 is 15.9 Å². The molecule has 0 saturated carbocycles.